The fourth-order valence-corrected chi connectivity index (χ4v) is 4.00. The van der Waals surface area contributed by atoms with E-state index in [2.05, 4.69) is 54.9 Å². The Bertz CT molecular complexity index is 933. The van der Waals surface area contributed by atoms with Crippen LogP contribution >= 0.6 is 0 Å². The van der Waals surface area contributed by atoms with E-state index >= 15 is 0 Å². The van der Waals surface area contributed by atoms with E-state index in [1.54, 1.807) is 0 Å². The fraction of sp³-hybridized carbons (Fsp3) is 0.360. The molecule has 0 atom stereocenters. The van der Waals surface area contributed by atoms with E-state index in [0.717, 1.165) is 25.1 Å². The van der Waals surface area contributed by atoms with Gasteiger partial charge in [0.05, 0.1) is 5.41 Å². The quantitative estimate of drug-likeness (QED) is 0.372. The predicted molar refractivity (Wildman–Crippen MR) is 117 cm³/mol. The third kappa shape index (κ3) is 6.14. The van der Waals surface area contributed by atoms with Gasteiger partial charge in [-0.15, -0.1) is 0 Å². The van der Waals surface area contributed by atoms with Crippen LogP contribution in [0.25, 0.3) is 0 Å². The van der Waals surface area contributed by atoms with Crippen LogP contribution in [0.1, 0.15) is 50.7 Å². The number of nitrogens with one attached hydrogen (secondary N) is 1. The Morgan fingerprint density at radius 3 is 2.53 bits per heavy atom. The van der Waals surface area contributed by atoms with E-state index in [4.69, 9.17) is 0 Å². The van der Waals surface area contributed by atoms with Crippen molar-refractivity contribution in [2.75, 3.05) is 11.9 Å². The van der Waals surface area contributed by atoms with Gasteiger partial charge in [0.2, 0.25) is 5.69 Å². The number of nitrogens with zero attached hydrogens (tertiary/aromatic N) is 1. The Balaban J connectivity index is 0.00000320. The monoisotopic (exact) mass is 429 g/mol. The van der Waals surface area contributed by atoms with Crippen LogP contribution in [0.15, 0.2) is 60.8 Å². The van der Waals surface area contributed by atoms with Gasteiger partial charge in [-0.2, -0.15) is 4.58 Å². The van der Waals surface area contributed by atoms with E-state index in [0.29, 0.717) is 6.42 Å². The molecule has 1 aliphatic rings. The van der Waals surface area contributed by atoms with Gasteiger partial charge in [0.25, 0.3) is 0 Å². The molecular formula is C25H30KN2O2+. The van der Waals surface area contributed by atoms with Gasteiger partial charge >= 0.3 is 51.4 Å². The number of unbranched alkanes of at least 4 members (excludes halogenated alkanes) is 2. The predicted octanol–water partition coefficient (Wildman–Crippen LogP) is 1.31. The zero-order chi connectivity index (χ0) is 20.9. The molecule has 0 saturated heterocycles. The zero-order valence-corrected chi connectivity index (χ0v) is 21.7. The number of carboxylic acids is 1. The number of fused-ring (bicyclic) bond motifs is 1. The summed E-state index contributed by atoms with van der Waals surface area (Å²) < 4.78 is 2.39. The third-order valence-corrected chi connectivity index (χ3v) is 5.57. The Hall–Kier alpha value is -1.24. The summed E-state index contributed by atoms with van der Waals surface area (Å²) in [4.78, 5) is 10.6. The van der Waals surface area contributed by atoms with E-state index in [9.17, 15) is 9.90 Å². The molecule has 2 aromatic rings. The first kappa shape index (κ1) is 25.0. The van der Waals surface area contributed by atoms with E-state index in [1.807, 2.05) is 36.5 Å². The molecule has 4 nitrogen and oxygen atoms in total. The van der Waals surface area contributed by atoms with Crippen LogP contribution in [0.4, 0.5) is 11.4 Å². The number of hydrogen-bond acceptors (Lipinski definition) is 3. The van der Waals surface area contributed by atoms with Gasteiger partial charge in [0.15, 0.2) is 5.71 Å². The van der Waals surface area contributed by atoms with Crippen LogP contribution in [0.2, 0.25) is 0 Å². The van der Waals surface area contributed by atoms with Crippen molar-refractivity contribution in [3.63, 3.8) is 0 Å². The number of carboxylic acid groups (broad SMARTS) is 1. The van der Waals surface area contributed by atoms with Crippen molar-refractivity contribution >= 4 is 23.1 Å². The minimum atomic E-state index is -0.963. The SMILES string of the molecule is Cc1ccc2c(c1)C(C)(C)C(/C=C/Nc1ccccc1)=[N+]2CCCCCC(=O)[O-].[K+]. The van der Waals surface area contributed by atoms with E-state index in [-0.39, 0.29) is 63.2 Å². The van der Waals surface area contributed by atoms with E-state index in [1.165, 1.54) is 22.5 Å². The third-order valence-electron chi connectivity index (χ3n) is 5.57. The molecular weight excluding hydrogens is 399 g/mol. The summed E-state index contributed by atoms with van der Waals surface area (Å²) in [6.45, 7) is 7.54. The molecule has 1 N–H and O–H groups in total. The standard InChI is InChI=1S/C25H30N2O2.K/c1-19-13-14-22-21(18-19)25(2,3)23(15-16-26-20-10-6-4-7-11-20)27(22)17-9-5-8-12-24(28)29;/h4,6-7,10-11,13-16,18H,5,8-9,12,17H2,1-3H3,(H,28,29);/q;+1. The van der Waals surface area contributed by atoms with Gasteiger partial charge in [-0.3, -0.25) is 0 Å². The van der Waals surface area contributed by atoms with Gasteiger partial charge in [-0.25, -0.2) is 0 Å². The molecule has 30 heavy (non-hydrogen) atoms. The average Bonchev–Trinajstić information content (AvgIpc) is 2.89. The second-order valence-electron chi connectivity index (χ2n) is 8.21. The maximum absolute atomic E-state index is 10.6. The minimum absolute atomic E-state index is 0. The average molecular weight is 430 g/mol. The van der Waals surface area contributed by atoms with Crippen molar-refractivity contribution in [1.82, 2.24) is 0 Å². The van der Waals surface area contributed by atoms with Crippen LogP contribution in [0.5, 0.6) is 0 Å². The van der Waals surface area contributed by atoms with Gasteiger partial charge in [0, 0.05) is 42.0 Å². The van der Waals surface area contributed by atoms with Crippen molar-refractivity contribution < 1.29 is 65.9 Å². The first-order valence-corrected chi connectivity index (χ1v) is 10.3. The molecule has 3 rings (SSSR count). The summed E-state index contributed by atoms with van der Waals surface area (Å²) in [5, 5.41) is 14.0. The summed E-state index contributed by atoms with van der Waals surface area (Å²) in [6, 6.07) is 16.8. The van der Waals surface area contributed by atoms with Gasteiger partial charge in [-0.05, 0) is 58.2 Å². The summed E-state index contributed by atoms with van der Waals surface area (Å²) in [5.41, 5.74) is 6.06. The van der Waals surface area contributed by atoms with Gasteiger partial charge in [0.1, 0.15) is 6.54 Å². The summed E-state index contributed by atoms with van der Waals surface area (Å²) in [5.74, 6) is -0.963. The smallest absolute Gasteiger partial charge is 0.550 e. The normalized spacial score (nSPS) is 14.5. The molecule has 5 heteroatoms. The van der Waals surface area contributed by atoms with Gasteiger partial charge < -0.3 is 15.2 Å². The maximum atomic E-state index is 10.6. The first-order valence-electron chi connectivity index (χ1n) is 10.3. The van der Waals surface area contributed by atoms with Gasteiger partial charge in [-0.1, -0.05) is 29.8 Å². The van der Waals surface area contributed by atoms with Crippen LogP contribution in [-0.2, 0) is 10.2 Å². The molecule has 0 bridgehead atoms. The summed E-state index contributed by atoms with van der Waals surface area (Å²) in [7, 11) is 0. The van der Waals surface area contributed by atoms with Crippen LogP contribution in [-0.4, -0.2) is 22.8 Å². The van der Waals surface area contributed by atoms with Crippen LogP contribution in [0, 0.1) is 6.92 Å². The van der Waals surface area contributed by atoms with Crippen molar-refractivity contribution in [2.24, 2.45) is 0 Å². The molecule has 0 fully saturated rings. The second-order valence-corrected chi connectivity index (χ2v) is 8.21. The number of anilines is 1. The second kappa shape index (κ2) is 11.4. The molecule has 0 unspecified atom stereocenters. The Labute approximate surface area is 222 Å². The molecule has 0 saturated carbocycles. The zero-order valence-electron chi connectivity index (χ0n) is 18.6. The topological polar surface area (TPSA) is 55.2 Å². The summed E-state index contributed by atoms with van der Waals surface area (Å²) in [6.07, 6.45) is 6.81. The number of aryl methyl sites for hydroxylation is 1. The van der Waals surface area contributed by atoms with Crippen molar-refractivity contribution in [1.29, 1.82) is 0 Å². The number of rotatable bonds is 9. The molecule has 1 heterocycles. The van der Waals surface area contributed by atoms with Crippen molar-refractivity contribution in [3.05, 3.63) is 71.9 Å². The molecule has 0 aliphatic carbocycles. The molecule has 2 aromatic carbocycles. The number of aliphatic carboxylic acids is 1. The number of carbonyl (C=O) groups is 1. The largest absolute Gasteiger partial charge is 1.00 e. The number of hydrogen-bond donors (Lipinski definition) is 1. The summed E-state index contributed by atoms with van der Waals surface area (Å²) >= 11 is 0. The van der Waals surface area contributed by atoms with Crippen LogP contribution < -0.4 is 61.8 Å². The number of para-hydroxylation sites is 1. The fourth-order valence-electron chi connectivity index (χ4n) is 4.00. The molecule has 1 aliphatic heterocycles. The molecule has 0 radical (unpaired) electrons. The molecule has 0 amide bonds. The minimum Gasteiger partial charge on any atom is -0.550 e. The number of allylic oxidation sites excluding steroid dienone is 1. The van der Waals surface area contributed by atoms with E-state index < -0.39 is 5.97 Å². The number of carbonyl (C=O) groups excluding carboxylic acids is 1. The molecule has 0 spiro atoms. The maximum Gasteiger partial charge on any atom is 1.00 e. The molecule has 152 valence electrons. The molecule has 0 aromatic heterocycles. The Kier molecular flexibility index (Phi) is 9.50. The van der Waals surface area contributed by atoms with Crippen molar-refractivity contribution in [2.45, 2.75) is 51.9 Å². The van der Waals surface area contributed by atoms with Crippen LogP contribution in [0.3, 0.4) is 0 Å². The Morgan fingerprint density at radius 2 is 1.83 bits per heavy atom. The van der Waals surface area contributed by atoms with Crippen molar-refractivity contribution in [3.8, 4) is 0 Å². The first-order chi connectivity index (χ1) is 13.9. The number of benzene rings is 2. The Morgan fingerprint density at radius 1 is 1.10 bits per heavy atom.